The van der Waals surface area contributed by atoms with Gasteiger partial charge in [-0.2, -0.15) is 5.10 Å². The molecule has 5 rings (SSSR count). The van der Waals surface area contributed by atoms with Gasteiger partial charge in [-0.25, -0.2) is 5.43 Å². The number of aryl methyl sites for hydroxylation is 2. The van der Waals surface area contributed by atoms with Gasteiger partial charge in [0.25, 0.3) is 0 Å². The molecule has 0 bridgehead atoms. The molecule has 0 saturated heterocycles. The van der Waals surface area contributed by atoms with Crippen LogP contribution in [-0.4, -0.2) is 16.7 Å². The number of hydrogen-bond donors (Lipinski definition) is 1. The van der Waals surface area contributed by atoms with Crippen molar-refractivity contribution in [3.63, 3.8) is 0 Å². The summed E-state index contributed by atoms with van der Waals surface area (Å²) in [6.45, 7) is 1.00. The van der Waals surface area contributed by atoms with Gasteiger partial charge in [0.15, 0.2) is 0 Å². The van der Waals surface area contributed by atoms with Crippen molar-refractivity contribution < 1.29 is 9.53 Å². The summed E-state index contributed by atoms with van der Waals surface area (Å²) in [7, 11) is 0. The van der Waals surface area contributed by atoms with E-state index >= 15 is 0 Å². The number of aromatic nitrogens is 1. The molecule has 4 aromatic rings. The molecule has 5 nitrogen and oxygen atoms in total. The average molecular weight is 520 g/mol. The fraction of sp³-hybridized carbons (Fsp3) is 0.241. The molecule has 0 saturated carbocycles. The third-order valence-electron chi connectivity index (χ3n) is 6.54. The molecule has 1 aromatic heterocycles. The first-order valence-corrected chi connectivity index (χ1v) is 12.9. The van der Waals surface area contributed by atoms with Gasteiger partial charge in [-0.15, -0.1) is 0 Å². The summed E-state index contributed by atoms with van der Waals surface area (Å²) >= 11 is 12.1. The predicted molar refractivity (Wildman–Crippen MR) is 146 cm³/mol. The Kier molecular flexibility index (Phi) is 7.59. The maximum atomic E-state index is 12.5. The number of rotatable bonds is 8. The third-order valence-corrected chi connectivity index (χ3v) is 7.13. The van der Waals surface area contributed by atoms with Crippen LogP contribution >= 0.6 is 23.2 Å². The third kappa shape index (κ3) is 5.58. The summed E-state index contributed by atoms with van der Waals surface area (Å²) in [5, 5.41) is 6.63. The van der Waals surface area contributed by atoms with Gasteiger partial charge in [0.2, 0.25) is 5.91 Å². The van der Waals surface area contributed by atoms with Gasteiger partial charge >= 0.3 is 0 Å². The normalized spacial score (nSPS) is 13.2. The van der Waals surface area contributed by atoms with Crippen molar-refractivity contribution in [1.82, 2.24) is 9.99 Å². The Bertz CT molecular complexity index is 1410. The number of nitrogens with zero attached hydrogens (tertiary/aromatic N) is 2. The van der Waals surface area contributed by atoms with Gasteiger partial charge in [-0.1, -0.05) is 47.5 Å². The zero-order valence-electron chi connectivity index (χ0n) is 19.8. The highest BCUT2D eigenvalue weighted by Crippen LogP contribution is 2.32. The van der Waals surface area contributed by atoms with Crippen molar-refractivity contribution in [2.45, 2.75) is 45.3 Å². The van der Waals surface area contributed by atoms with Crippen molar-refractivity contribution in [3.05, 3.63) is 99.2 Å². The zero-order valence-corrected chi connectivity index (χ0v) is 21.4. The predicted octanol–water partition coefficient (Wildman–Crippen LogP) is 6.95. The molecule has 1 aliphatic rings. The molecule has 184 valence electrons. The van der Waals surface area contributed by atoms with Gasteiger partial charge < -0.3 is 9.30 Å². The van der Waals surface area contributed by atoms with Crippen molar-refractivity contribution in [2.75, 3.05) is 0 Å². The van der Waals surface area contributed by atoms with Crippen LogP contribution in [0.25, 0.3) is 10.9 Å². The van der Waals surface area contributed by atoms with Gasteiger partial charge in [-0.3, -0.25) is 4.79 Å². The second-order valence-corrected chi connectivity index (χ2v) is 9.78. The number of carbonyl (C=O) groups excluding carboxylic acids is 1. The molecule has 1 amide bonds. The molecule has 1 aliphatic carbocycles. The molecule has 0 unspecified atom stereocenters. The topological polar surface area (TPSA) is 55.6 Å². The average Bonchev–Trinajstić information content (AvgIpc) is 3.21. The highest BCUT2D eigenvalue weighted by Gasteiger charge is 2.19. The Balaban J connectivity index is 1.13. The van der Waals surface area contributed by atoms with Crippen LogP contribution in [0.15, 0.2) is 71.8 Å². The Morgan fingerprint density at radius 2 is 1.83 bits per heavy atom. The van der Waals surface area contributed by atoms with E-state index in [1.807, 2.05) is 30.3 Å². The molecular formula is C29H27Cl2N3O2. The van der Waals surface area contributed by atoms with Crippen molar-refractivity contribution >= 4 is 46.2 Å². The Hall–Kier alpha value is -3.28. The number of hydrogen-bond acceptors (Lipinski definition) is 3. The highest BCUT2D eigenvalue weighted by molar-refractivity contribution is 6.35. The number of nitrogens with one attached hydrogen (secondary N) is 1. The van der Waals surface area contributed by atoms with Crippen molar-refractivity contribution in [3.8, 4) is 5.75 Å². The molecule has 36 heavy (non-hydrogen) atoms. The first-order valence-electron chi connectivity index (χ1n) is 12.2. The van der Waals surface area contributed by atoms with Gasteiger partial charge in [-0.05, 0) is 79.3 Å². The zero-order chi connectivity index (χ0) is 24.9. The Morgan fingerprint density at radius 3 is 2.67 bits per heavy atom. The molecule has 1 N–H and O–H groups in total. The number of amides is 1. The fourth-order valence-electron chi connectivity index (χ4n) is 4.74. The summed E-state index contributed by atoms with van der Waals surface area (Å²) in [5.41, 5.74) is 8.45. The number of para-hydroxylation sites is 1. The maximum Gasteiger partial charge on any atom is 0.241 e. The lowest BCUT2D eigenvalue weighted by Crippen LogP contribution is -2.20. The number of carbonyl (C=O) groups is 1. The molecule has 0 fully saturated rings. The smallest absolute Gasteiger partial charge is 0.241 e. The summed E-state index contributed by atoms with van der Waals surface area (Å²) in [4.78, 5) is 12.5. The molecule has 0 radical (unpaired) electrons. The lowest BCUT2D eigenvalue weighted by atomic mass is 9.95. The summed E-state index contributed by atoms with van der Waals surface area (Å²) in [6.07, 6.45) is 6.65. The van der Waals surface area contributed by atoms with E-state index in [9.17, 15) is 4.79 Å². The monoisotopic (exact) mass is 519 g/mol. The first kappa shape index (κ1) is 24.4. The standard InChI is InChI=1S/C29H27Cl2N3O2/c30-22-12-11-21(26(31)17-22)19-36-23-13-9-20(10-14-23)18-32-33-29(35)15-16-34-27-7-3-1-5-24(27)25-6-2-4-8-28(25)34/h1,3,5,7,9-14,17-18H,2,4,6,8,15-16,19H2,(H,33,35)/b32-18-. The summed E-state index contributed by atoms with van der Waals surface area (Å²) in [5.74, 6) is 0.609. The van der Waals surface area contributed by atoms with Gasteiger partial charge in [0, 0.05) is 45.2 Å². The van der Waals surface area contributed by atoms with Crippen LogP contribution in [0.1, 0.15) is 41.6 Å². The molecule has 0 aliphatic heterocycles. The molecule has 0 atom stereocenters. The van der Waals surface area contributed by atoms with E-state index in [4.69, 9.17) is 27.9 Å². The van der Waals surface area contributed by atoms with E-state index < -0.39 is 0 Å². The minimum absolute atomic E-state index is 0.103. The number of fused-ring (bicyclic) bond motifs is 3. The molecule has 0 spiro atoms. The van der Waals surface area contributed by atoms with Crippen LogP contribution in [0.2, 0.25) is 10.0 Å². The van der Waals surface area contributed by atoms with Crippen LogP contribution < -0.4 is 10.2 Å². The van der Waals surface area contributed by atoms with E-state index in [1.54, 1.807) is 18.3 Å². The van der Waals surface area contributed by atoms with E-state index in [-0.39, 0.29) is 5.91 Å². The minimum atomic E-state index is -0.103. The van der Waals surface area contributed by atoms with Crippen LogP contribution in [0.4, 0.5) is 0 Å². The number of hydrazone groups is 1. The maximum absolute atomic E-state index is 12.5. The number of benzene rings is 3. The first-order chi connectivity index (χ1) is 17.6. The van der Waals surface area contributed by atoms with Crippen LogP contribution in [0, 0.1) is 0 Å². The van der Waals surface area contributed by atoms with Gasteiger partial charge in [0.05, 0.1) is 6.21 Å². The quantitative estimate of drug-likeness (QED) is 0.202. The van der Waals surface area contributed by atoms with E-state index in [0.29, 0.717) is 35.4 Å². The van der Waals surface area contributed by atoms with Crippen LogP contribution in [-0.2, 0) is 30.8 Å². The van der Waals surface area contributed by atoms with Crippen LogP contribution in [0.3, 0.4) is 0 Å². The SMILES string of the molecule is O=C(CCn1c2c(c3ccccc31)CCCC2)N/N=C\c1ccc(OCc2ccc(Cl)cc2Cl)cc1. The largest absolute Gasteiger partial charge is 0.489 e. The van der Waals surface area contributed by atoms with Crippen LogP contribution in [0.5, 0.6) is 5.75 Å². The molecular weight excluding hydrogens is 493 g/mol. The second-order valence-electron chi connectivity index (χ2n) is 8.94. The molecule has 3 aromatic carbocycles. The Labute approximate surface area is 220 Å². The lowest BCUT2D eigenvalue weighted by Gasteiger charge is -2.15. The van der Waals surface area contributed by atoms with E-state index in [0.717, 1.165) is 24.0 Å². The van der Waals surface area contributed by atoms with Crippen molar-refractivity contribution in [2.24, 2.45) is 5.10 Å². The van der Waals surface area contributed by atoms with Gasteiger partial charge in [0.1, 0.15) is 12.4 Å². The molecule has 7 heteroatoms. The Morgan fingerprint density at radius 1 is 1.03 bits per heavy atom. The van der Waals surface area contributed by atoms with E-state index in [2.05, 4.69) is 39.4 Å². The number of halogens is 2. The lowest BCUT2D eigenvalue weighted by molar-refractivity contribution is -0.121. The number of ether oxygens (including phenoxy) is 1. The van der Waals surface area contributed by atoms with Crippen molar-refractivity contribution in [1.29, 1.82) is 0 Å². The molecule has 1 heterocycles. The highest BCUT2D eigenvalue weighted by atomic mass is 35.5. The minimum Gasteiger partial charge on any atom is -0.489 e. The fourth-order valence-corrected chi connectivity index (χ4v) is 5.20. The second kappa shape index (κ2) is 11.2. The summed E-state index contributed by atoms with van der Waals surface area (Å²) < 4.78 is 8.13. The van der Waals surface area contributed by atoms with E-state index in [1.165, 1.54) is 35.0 Å². The summed E-state index contributed by atoms with van der Waals surface area (Å²) in [6, 6.07) is 21.3.